The van der Waals surface area contributed by atoms with Crippen molar-refractivity contribution < 1.29 is 69.0 Å². The molecular weight excluding hydrogens is 873 g/mol. The highest BCUT2D eigenvalue weighted by atomic mass is 16.7. The van der Waals surface area contributed by atoms with Crippen molar-refractivity contribution in [2.45, 2.75) is 268 Å². The molecule has 2 heterocycles. The molecule has 0 saturated carbocycles. The Morgan fingerprint density at radius 3 is 1.46 bits per heavy atom. The van der Waals surface area contributed by atoms with E-state index in [1.807, 2.05) is 0 Å². The molecule has 2 aliphatic heterocycles. The Morgan fingerprint density at radius 2 is 0.912 bits per heavy atom. The van der Waals surface area contributed by atoms with Crippen LogP contribution in [0.3, 0.4) is 0 Å². The fraction of sp³-hybridized carbons (Fsp3) is 0.870. The average molecular weight is 971 g/mol. The Morgan fingerprint density at radius 1 is 0.485 bits per heavy atom. The number of aliphatic hydroxyl groups excluding tert-OH is 7. The molecule has 11 atom stereocenters. The number of ether oxygens (including phenoxy) is 6. The van der Waals surface area contributed by atoms with Crippen LogP contribution >= 0.6 is 0 Å². The molecule has 0 aromatic carbocycles. The fourth-order valence-electron chi connectivity index (χ4n) is 8.43. The zero-order valence-corrected chi connectivity index (χ0v) is 42.3. The Balaban J connectivity index is 1.76. The Kier molecular flexibility index (Phi) is 38.3. The van der Waals surface area contributed by atoms with Crippen molar-refractivity contribution in [1.29, 1.82) is 0 Å². The first kappa shape index (κ1) is 62.3. The van der Waals surface area contributed by atoms with E-state index < -0.39 is 80.7 Å². The third-order valence-corrected chi connectivity index (χ3v) is 12.9. The predicted octanol–water partition coefficient (Wildman–Crippen LogP) is 8.58. The minimum absolute atomic E-state index is 0.0551. The zero-order valence-electron chi connectivity index (χ0n) is 42.3. The Hall–Kier alpha value is -1.79. The van der Waals surface area contributed by atoms with Gasteiger partial charge in [-0.05, 0) is 70.6 Å². The van der Waals surface area contributed by atoms with Gasteiger partial charge in [0.2, 0.25) is 0 Å². The van der Waals surface area contributed by atoms with E-state index in [-0.39, 0.29) is 25.6 Å². The van der Waals surface area contributed by atoms with Crippen LogP contribution < -0.4 is 0 Å². The summed E-state index contributed by atoms with van der Waals surface area (Å²) in [5.74, 6) is -0.385. The summed E-state index contributed by atoms with van der Waals surface area (Å²) in [6.07, 6.45) is 30.5. The summed E-state index contributed by atoms with van der Waals surface area (Å²) in [5.41, 5.74) is 0. The third-order valence-electron chi connectivity index (χ3n) is 12.9. The SMILES string of the molecule is CCCCC/C=C\C/C=C\CCCCCCCCCC(=O)OC(COCCCCCCCC/C=C\CCCCCCCCC)COC1OC(COC2OC(CO)C(O)C(O)C2O)C(O)C(O)C1O. The van der Waals surface area contributed by atoms with Gasteiger partial charge in [0.15, 0.2) is 12.6 Å². The van der Waals surface area contributed by atoms with Crippen LogP contribution in [0, 0.1) is 0 Å². The van der Waals surface area contributed by atoms with E-state index in [4.69, 9.17) is 28.4 Å². The Labute approximate surface area is 410 Å². The molecule has 0 aromatic heterocycles. The van der Waals surface area contributed by atoms with E-state index in [1.165, 1.54) is 116 Å². The van der Waals surface area contributed by atoms with Crippen molar-refractivity contribution in [3.8, 4) is 0 Å². The van der Waals surface area contributed by atoms with Crippen LogP contribution in [0.2, 0.25) is 0 Å². The molecule has 2 aliphatic rings. The summed E-state index contributed by atoms with van der Waals surface area (Å²) in [5, 5.41) is 72.2. The quantitative estimate of drug-likeness (QED) is 0.0173. The van der Waals surface area contributed by atoms with E-state index in [1.54, 1.807) is 0 Å². The first-order chi connectivity index (χ1) is 33.1. The maximum Gasteiger partial charge on any atom is 0.306 e. The van der Waals surface area contributed by atoms with Gasteiger partial charge in [0, 0.05) is 13.0 Å². The molecule has 398 valence electrons. The molecule has 0 bridgehead atoms. The van der Waals surface area contributed by atoms with Crippen LogP contribution in [0.15, 0.2) is 36.5 Å². The molecule has 14 heteroatoms. The number of allylic oxidation sites excluding steroid dienone is 6. The molecule has 0 aromatic rings. The number of aliphatic hydroxyl groups is 7. The molecule has 14 nitrogen and oxygen atoms in total. The van der Waals surface area contributed by atoms with Crippen molar-refractivity contribution in [3.63, 3.8) is 0 Å². The van der Waals surface area contributed by atoms with Gasteiger partial charge in [-0.3, -0.25) is 4.79 Å². The van der Waals surface area contributed by atoms with E-state index in [9.17, 15) is 40.5 Å². The molecule has 2 saturated heterocycles. The van der Waals surface area contributed by atoms with Gasteiger partial charge >= 0.3 is 5.97 Å². The van der Waals surface area contributed by atoms with E-state index in [0.29, 0.717) is 13.0 Å². The highest BCUT2D eigenvalue weighted by Gasteiger charge is 2.47. The summed E-state index contributed by atoms with van der Waals surface area (Å²) in [4.78, 5) is 13.0. The molecule has 2 fully saturated rings. The topological polar surface area (TPSA) is 214 Å². The molecule has 0 radical (unpaired) electrons. The number of rotatable bonds is 43. The average Bonchev–Trinajstić information content (AvgIpc) is 3.33. The predicted molar refractivity (Wildman–Crippen MR) is 266 cm³/mol. The monoisotopic (exact) mass is 971 g/mol. The maximum absolute atomic E-state index is 13.0. The number of carbonyl (C=O) groups is 1. The molecular formula is C54H98O14. The van der Waals surface area contributed by atoms with Crippen LogP contribution in [0.1, 0.15) is 200 Å². The third kappa shape index (κ3) is 28.9. The highest BCUT2D eigenvalue weighted by Crippen LogP contribution is 2.26. The van der Waals surface area contributed by atoms with Crippen LogP contribution in [0.4, 0.5) is 0 Å². The standard InChI is InChI=1S/C54H98O14/c1-3-5-7-9-11-13-15-17-19-21-23-25-27-29-31-33-35-37-46(56)66-43(40-63-38-36-34-32-30-28-26-24-22-20-18-16-14-12-10-8-6-4-2)41-64-53-52(62)50(60)48(58)45(68-53)42-65-54-51(61)49(59)47(57)44(39-55)67-54/h11,13,17,19-20,22,43-45,47-55,57-62H,3-10,12,14-16,18,21,23-42H2,1-2H3/b13-11-,19-17-,22-20-. The van der Waals surface area contributed by atoms with Gasteiger partial charge in [0.1, 0.15) is 54.9 Å². The number of carbonyl (C=O) groups excluding carboxylic acids is 1. The lowest BCUT2D eigenvalue weighted by molar-refractivity contribution is -0.332. The van der Waals surface area contributed by atoms with E-state index in [0.717, 1.165) is 57.8 Å². The second-order valence-corrected chi connectivity index (χ2v) is 19.0. The highest BCUT2D eigenvalue weighted by molar-refractivity contribution is 5.69. The van der Waals surface area contributed by atoms with Crippen LogP contribution in [-0.4, -0.2) is 142 Å². The summed E-state index contributed by atoms with van der Waals surface area (Å²) in [6.45, 7) is 3.65. The van der Waals surface area contributed by atoms with Gasteiger partial charge in [0.25, 0.3) is 0 Å². The molecule has 11 unspecified atom stereocenters. The maximum atomic E-state index is 13.0. The molecule has 68 heavy (non-hydrogen) atoms. The normalized spacial score (nSPS) is 26.1. The fourth-order valence-corrected chi connectivity index (χ4v) is 8.43. The van der Waals surface area contributed by atoms with Crippen molar-refractivity contribution in [2.75, 3.05) is 33.0 Å². The first-order valence-electron chi connectivity index (χ1n) is 27.1. The van der Waals surface area contributed by atoms with Crippen LogP contribution in [0.5, 0.6) is 0 Å². The van der Waals surface area contributed by atoms with E-state index >= 15 is 0 Å². The molecule has 0 amide bonds. The second-order valence-electron chi connectivity index (χ2n) is 19.0. The zero-order chi connectivity index (χ0) is 49.5. The lowest BCUT2D eigenvalue weighted by atomic mass is 9.98. The van der Waals surface area contributed by atoms with E-state index in [2.05, 4.69) is 50.3 Å². The molecule has 0 spiro atoms. The smallest absolute Gasteiger partial charge is 0.306 e. The Bertz CT molecular complexity index is 1260. The van der Waals surface area contributed by atoms with Crippen LogP contribution in [0.25, 0.3) is 0 Å². The summed E-state index contributed by atoms with van der Waals surface area (Å²) >= 11 is 0. The number of hydrogen-bond acceptors (Lipinski definition) is 14. The van der Waals surface area contributed by atoms with Crippen molar-refractivity contribution >= 4 is 5.97 Å². The van der Waals surface area contributed by atoms with Gasteiger partial charge in [-0.15, -0.1) is 0 Å². The first-order valence-corrected chi connectivity index (χ1v) is 27.1. The van der Waals surface area contributed by atoms with Gasteiger partial charge in [0.05, 0.1) is 26.4 Å². The largest absolute Gasteiger partial charge is 0.457 e. The summed E-state index contributed by atoms with van der Waals surface area (Å²) in [6, 6.07) is 0. The lowest BCUT2D eigenvalue weighted by Gasteiger charge is -2.42. The lowest BCUT2D eigenvalue weighted by Crippen LogP contribution is -2.61. The number of unbranched alkanes of at least 4 members (excludes halogenated alkanes) is 23. The minimum atomic E-state index is -1.71. The number of hydrogen-bond donors (Lipinski definition) is 7. The molecule has 0 aliphatic carbocycles. The van der Waals surface area contributed by atoms with Crippen molar-refractivity contribution in [3.05, 3.63) is 36.5 Å². The summed E-state index contributed by atoms with van der Waals surface area (Å²) < 4.78 is 34.3. The summed E-state index contributed by atoms with van der Waals surface area (Å²) in [7, 11) is 0. The van der Waals surface area contributed by atoms with Gasteiger partial charge in [-0.1, -0.05) is 159 Å². The van der Waals surface area contributed by atoms with Crippen molar-refractivity contribution in [2.24, 2.45) is 0 Å². The van der Waals surface area contributed by atoms with Gasteiger partial charge < -0.3 is 64.2 Å². The second kappa shape index (κ2) is 41.8. The van der Waals surface area contributed by atoms with Gasteiger partial charge in [-0.2, -0.15) is 0 Å². The van der Waals surface area contributed by atoms with Crippen LogP contribution in [-0.2, 0) is 33.2 Å². The number of esters is 1. The minimum Gasteiger partial charge on any atom is -0.457 e. The molecule has 7 N–H and O–H groups in total. The molecule has 2 rings (SSSR count). The van der Waals surface area contributed by atoms with Crippen molar-refractivity contribution in [1.82, 2.24) is 0 Å². The van der Waals surface area contributed by atoms with Gasteiger partial charge in [-0.25, -0.2) is 0 Å².